The number of hydrogen-bond donors (Lipinski definition) is 1. The fourth-order valence-corrected chi connectivity index (χ4v) is 2.81. The van der Waals surface area contributed by atoms with Crippen molar-refractivity contribution in [3.8, 4) is 28.3 Å². The highest BCUT2D eigenvalue weighted by Gasteiger charge is 2.09. The fourth-order valence-electron chi connectivity index (χ4n) is 2.81. The minimum atomic E-state index is -0.281. The standard InChI is InChI=1S/C22H19FN2/c1-2-22(25)18-9-7-16(8-10-18)19-11-12-20(21(23)13-19)17-5-3-15(14-24)4-6-17/h3-13,22H,2,25H2,1H3. The molecule has 3 heteroatoms. The first-order valence-electron chi connectivity index (χ1n) is 8.28. The van der Waals surface area contributed by atoms with Crippen LogP contribution in [0.1, 0.15) is 30.5 Å². The van der Waals surface area contributed by atoms with E-state index in [-0.39, 0.29) is 11.9 Å². The van der Waals surface area contributed by atoms with E-state index < -0.39 is 0 Å². The van der Waals surface area contributed by atoms with Crippen LogP contribution >= 0.6 is 0 Å². The SMILES string of the molecule is CCC(N)c1ccc(-c2ccc(-c3ccc(C#N)cc3)c(F)c2)cc1. The van der Waals surface area contributed by atoms with Gasteiger partial charge in [-0.25, -0.2) is 4.39 Å². The molecule has 0 aliphatic heterocycles. The summed E-state index contributed by atoms with van der Waals surface area (Å²) >= 11 is 0. The average Bonchev–Trinajstić information content (AvgIpc) is 2.67. The number of rotatable bonds is 4. The smallest absolute Gasteiger partial charge is 0.131 e. The average molecular weight is 330 g/mol. The molecule has 0 saturated heterocycles. The first kappa shape index (κ1) is 16.9. The third kappa shape index (κ3) is 3.60. The molecule has 124 valence electrons. The zero-order valence-corrected chi connectivity index (χ0v) is 14.0. The molecule has 0 aliphatic rings. The van der Waals surface area contributed by atoms with E-state index >= 15 is 0 Å². The van der Waals surface area contributed by atoms with Gasteiger partial charge < -0.3 is 5.73 Å². The van der Waals surface area contributed by atoms with Gasteiger partial charge in [0.05, 0.1) is 11.6 Å². The maximum atomic E-state index is 14.6. The highest BCUT2D eigenvalue weighted by atomic mass is 19.1. The number of hydrogen-bond acceptors (Lipinski definition) is 2. The monoisotopic (exact) mass is 330 g/mol. The fraction of sp³-hybridized carbons (Fsp3) is 0.136. The summed E-state index contributed by atoms with van der Waals surface area (Å²) in [5.74, 6) is -0.281. The van der Waals surface area contributed by atoms with E-state index in [1.165, 1.54) is 0 Å². The molecule has 0 aliphatic carbocycles. The Labute approximate surface area is 147 Å². The van der Waals surface area contributed by atoms with Crippen molar-refractivity contribution in [1.82, 2.24) is 0 Å². The van der Waals surface area contributed by atoms with Gasteiger partial charge in [0.2, 0.25) is 0 Å². The van der Waals surface area contributed by atoms with Gasteiger partial charge in [0.25, 0.3) is 0 Å². The quantitative estimate of drug-likeness (QED) is 0.692. The van der Waals surface area contributed by atoms with Crippen LogP contribution < -0.4 is 5.73 Å². The summed E-state index contributed by atoms with van der Waals surface area (Å²) in [5, 5.41) is 8.85. The third-order valence-corrected chi connectivity index (χ3v) is 4.41. The van der Waals surface area contributed by atoms with E-state index in [2.05, 4.69) is 13.0 Å². The van der Waals surface area contributed by atoms with Crippen LogP contribution in [0.3, 0.4) is 0 Å². The van der Waals surface area contributed by atoms with Crippen LogP contribution in [0.2, 0.25) is 0 Å². The van der Waals surface area contributed by atoms with Crippen LogP contribution in [0.25, 0.3) is 22.3 Å². The molecular formula is C22H19FN2. The topological polar surface area (TPSA) is 49.8 Å². The second-order valence-corrected chi connectivity index (χ2v) is 6.02. The van der Waals surface area contributed by atoms with Gasteiger partial charge in [-0.15, -0.1) is 0 Å². The van der Waals surface area contributed by atoms with Gasteiger partial charge in [-0.3, -0.25) is 0 Å². The van der Waals surface area contributed by atoms with E-state index in [0.29, 0.717) is 11.1 Å². The van der Waals surface area contributed by atoms with Crippen molar-refractivity contribution in [2.24, 2.45) is 5.73 Å². The van der Waals surface area contributed by atoms with Crippen LogP contribution in [0.15, 0.2) is 66.7 Å². The second kappa shape index (κ2) is 7.29. The van der Waals surface area contributed by atoms with Crippen LogP contribution in [-0.2, 0) is 0 Å². The number of nitriles is 1. The molecule has 0 amide bonds. The molecule has 25 heavy (non-hydrogen) atoms. The number of halogens is 1. The summed E-state index contributed by atoms with van der Waals surface area (Å²) in [5.41, 5.74) is 10.7. The molecule has 0 heterocycles. The van der Waals surface area contributed by atoms with E-state index in [4.69, 9.17) is 11.0 Å². The maximum Gasteiger partial charge on any atom is 0.131 e. The van der Waals surface area contributed by atoms with Crippen LogP contribution in [0, 0.1) is 17.1 Å². The van der Waals surface area contributed by atoms with Crippen LogP contribution in [0.5, 0.6) is 0 Å². The van der Waals surface area contributed by atoms with E-state index in [9.17, 15) is 4.39 Å². The molecule has 0 saturated carbocycles. The molecule has 3 aromatic rings. The minimum absolute atomic E-state index is 0.0320. The van der Waals surface area contributed by atoms with Gasteiger partial charge in [0.1, 0.15) is 5.82 Å². The molecule has 0 fully saturated rings. The number of nitrogens with two attached hydrogens (primary N) is 1. The summed E-state index contributed by atoms with van der Waals surface area (Å²) in [4.78, 5) is 0. The Hall–Kier alpha value is -2.96. The molecule has 1 atom stereocenters. The normalized spacial score (nSPS) is 11.8. The Morgan fingerprint density at radius 2 is 1.52 bits per heavy atom. The van der Waals surface area contributed by atoms with Gasteiger partial charge in [0, 0.05) is 11.6 Å². The lowest BCUT2D eigenvalue weighted by Gasteiger charge is -2.11. The summed E-state index contributed by atoms with van der Waals surface area (Å²) in [7, 11) is 0. The predicted octanol–water partition coefficient (Wildman–Crippen LogP) is 5.44. The van der Waals surface area contributed by atoms with Crippen molar-refractivity contribution in [2.75, 3.05) is 0 Å². The molecule has 1 unspecified atom stereocenters. The lowest BCUT2D eigenvalue weighted by molar-refractivity contribution is 0.632. The van der Waals surface area contributed by atoms with E-state index in [1.54, 1.807) is 36.4 Å². The summed E-state index contributed by atoms with van der Waals surface area (Å²) in [6.45, 7) is 2.05. The minimum Gasteiger partial charge on any atom is -0.324 e. The highest BCUT2D eigenvalue weighted by molar-refractivity contribution is 5.71. The molecule has 2 nitrogen and oxygen atoms in total. The number of nitrogens with zero attached hydrogens (tertiary/aromatic N) is 1. The summed E-state index contributed by atoms with van der Waals surface area (Å²) in [6.07, 6.45) is 0.882. The Bertz CT molecular complexity index is 906. The molecule has 3 rings (SSSR count). The van der Waals surface area contributed by atoms with Gasteiger partial charge in [-0.05, 0) is 46.9 Å². The largest absolute Gasteiger partial charge is 0.324 e. The lowest BCUT2D eigenvalue weighted by atomic mass is 9.97. The van der Waals surface area contributed by atoms with Crippen molar-refractivity contribution >= 4 is 0 Å². The Balaban J connectivity index is 1.90. The zero-order valence-electron chi connectivity index (χ0n) is 14.0. The maximum absolute atomic E-state index is 14.6. The molecule has 2 N–H and O–H groups in total. The molecule has 3 aromatic carbocycles. The molecule has 0 spiro atoms. The number of benzene rings is 3. The van der Waals surface area contributed by atoms with Crippen molar-refractivity contribution < 1.29 is 4.39 Å². The van der Waals surface area contributed by atoms with Crippen molar-refractivity contribution in [3.63, 3.8) is 0 Å². The third-order valence-electron chi connectivity index (χ3n) is 4.41. The Kier molecular flexibility index (Phi) is 4.92. The van der Waals surface area contributed by atoms with Gasteiger partial charge >= 0.3 is 0 Å². The summed E-state index contributed by atoms with van der Waals surface area (Å²) in [6, 6.07) is 22.2. The first-order valence-corrected chi connectivity index (χ1v) is 8.28. The van der Waals surface area contributed by atoms with Gasteiger partial charge in [0.15, 0.2) is 0 Å². The predicted molar refractivity (Wildman–Crippen MR) is 99.2 cm³/mol. The second-order valence-electron chi connectivity index (χ2n) is 6.02. The Morgan fingerprint density at radius 3 is 2.08 bits per heavy atom. The van der Waals surface area contributed by atoms with E-state index in [1.807, 2.05) is 30.3 Å². The molecular weight excluding hydrogens is 311 g/mol. The van der Waals surface area contributed by atoms with Gasteiger partial charge in [-0.1, -0.05) is 55.5 Å². The van der Waals surface area contributed by atoms with Crippen molar-refractivity contribution in [3.05, 3.63) is 83.7 Å². The Morgan fingerprint density at radius 1 is 0.920 bits per heavy atom. The zero-order chi connectivity index (χ0) is 17.8. The van der Waals surface area contributed by atoms with Crippen LogP contribution in [-0.4, -0.2) is 0 Å². The van der Waals surface area contributed by atoms with E-state index in [0.717, 1.165) is 28.7 Å². The highest BCUT2D eigenvalue weighted by Crippen LogP contribution is 2.29. The van der Waals surface area contributed by atoms with Gasteiger partial charge in [-0.2, -0.15) is 5.26 Å². The molecule has 0 radical (unpaired) electrons. The molecule has 0 bridgehead atoms. The summed E-state index contributed by atoms with van der Waals surface area (Å²) < 4.78 is 14.6. The molecule has 0 aromatic heterocycles. The van der Waals surface area contributed by atoms with Crippen molar-refractivity contribution in [2.45, 2.75) is 19.4 Å². The van der Waals surface area contributed by atoms with Crippen molar-refractivity contribution in [1.29, 1.82) is 5.26 Å². The lowest BCUT2D eigenvalue weighted by Crippen LogP contribution is -2.08. The van der Waals surface area contributed by atoms with Crippen LogP contribution in [0.4, 0.5) is 4.39 Å². The first-order chi connectivity index (χ1) is 12.1.